The Morgan fingerprint density at radius 1 is 0.323 bits per heavy atom. The molecule has 0 aliphatic carbocycles. The fraction of sp³-hybridized carbons (Fsp3) is 0.814. The van der Waals surface area contributed by atoms with E-state index in [4.69, 9.17) is 24.3 Å². The summed E-state index contributed by atoms with van der Waals surface area (Å²) < 4.78 is 33.3. The van der Waals surface area contributed by atoms with E-state index in [9.17, 15) is 19.0 Å². The lowest BCUT2D eigenvalue weighted by molar-refractivity contribution is -0.161. The maximum absolute atomic E-state index is 12.8. The standard InChI is InChI=1S/C86H158NO8P/c1-3-5-7-9-11-13-15-17-19-21-23-25-27-29-31-33-35-37-39-40-41-42-43-44-45-47-49-51-53-55-57-59-61-63-65-67-69-71-73-75-77-79-86(89)95-84(83-94-96(90,91)93-81-80-87)82-92-85(88)78-76-74-72-70-68-66-64-62-60-58-56-54-52-50-48-46-38-36-34-32-30-28-26-24-22-20-18-16-14-12-10-8-6-4-2/h5,7,11,13,17,19,23,25,29,31,35,37,40-41,84H,3-4,6,8-10,12,14-16,18,20-22,24,26-28,30,32-34,36,38-39,42-83,87H2,1-2H3,(H,90,91)/b7-5-,13-11-,19-17-,25-23-,31-29-,37-35-,41-40-. The molecule has 0 aliphatic heterocycles. The molecule has 0 bridgehead atoms. The van der Waals surface area contributed by atoms with Gasteiger partial charge in [-0.25, -0.2) is 4.57 Å². The summed E-state index contributed by atoms with van der Waals surface area (Å²) in [6.07, 6.45) is 110. The van der Waals surface area contributed by atoms with Crippen LogP contribution in [0.1, 0.15) is 418 Å². The Morgan fingerprint density at radius 2 is 0.573 bits per heavy atom. The molecule has 0 aromatic rings. The number of ether oxygens (including phenoxy) is 2. The molecular weight excluding hydrogens is 1210 g/mol. The van der Waals surface area contributed by atoms with E-state index in [2.05, 4.69) is 98.9 Å². The molecule has 0 fully saturated rings. The molecule has 0 rings (SSSR count). The van der Waals surface area contributed by atoms with E-state index >= 15 is 0 Å². The zero-order valence-electron chi connectivity index (χ0n) is 63.4. The average molecular weight is 1370 g/mol. The van der Waals surface area contributed by atoms with Gasteiger partial charge in [-0.05, 0) is 70.6 Å². The molecule has 0 spiro atoms. The van der Waals surface area contributed by atoms with E-state index < -0.39 is 26.5 Å². The molecular formula is C86H158NO8P. The first-order chi connectivity index (χ1) is 47.3. The van der Waals surface area contributed by atoms with Crippen molar-refractivity contribution in [3.05, 3.63) is 85.1 Å². The summed E-state index contributed by atoms with van der Waals surface area (Å²) in [4.78, 5) is 35.5. The lowest BCUT2D eigenvalue weighted by Gasteiger charge is -2.19. The van der Waals surface area contributed by atoms with Crippen molar-refractivity contribution in [2.24, 2.45) is 5.73 Å². The topological polar surface area (TPSA) is 134 Å². The monoisotopic (exact) mass is 1360 g/mol. The van der Waals surface area contributed by atoms with E-state index in [-0.39, 0.29) is 38.6 Å². The van der Waals surface area contributed by atoms with Crippen LogP contribution >= 0.6 is 7.82 Å². The molecule has 2 unspecified atom stereocenters. The van der Waals surface area contributed by atoms with Gasteiger partial charge in [0.1, 0.15) is 6.61 Å². The van der Waals surface area contributed by atoms with Crippen molar-refractivity contribution < 1.29 is 37.6 Å². The lowest BCUT2D eigenvalue weighted by Crippen LogP contribution is -2.29. The predicted molar refractivity (Wildman–Crippen MR) is 418 cm³/mol. The van der Waals surface area contributed by atoms with Crippen LogP contribution < -0.4 is 5.73 Å². The fourth-order valence-corrected chi connectivity index (χ4v) is 13.2. The third-order valence-electron chi connectivity index (χ3n) is 18.5. The number of nitrogens with two attached hydrogens (primary N) is 1. The van der Waals surface area contributed by atoms with Gasteiger partial charge in [-0.15, -0.1) is 0 Å². The Morgan fingerprint density at radius 3 is 0.854 bits per heavy atom. The van der Waals surface area contributed by atoms with Gasteiger partial charge in [0.05, 0.1) is 13.2 Å². The van der Waals surface area contributed by atoms with E-state index in [1.807, 2.05) is 0 Å². The van der Waals surface area contributed by atoms with E-state index in [1.54, 1.807) is 0 Å². The second-order valence-corrected chi connectivity index (χ2v) is 29.4. The average Bonchev–Trinajstić information content (AvgIpc) is 2.32. The summed E-state index contributed by atoms with van der Waals surface area (Å²) in [6.45, 7) is 3.70. The third kappa shape index (κ3) is 80.2. The minimum Gasteiger partial charge on any atom is -0.462 e. The SMILES string of the molecule is CC/C=C\C/C=C\C/C=C\C/C=C\C/C=C\C/C=C\C/C=C\CCCCCCCCCCCCCCCCCCCCCC(=O)OC(COC(=O)CCCCCCCCCCCCCCCCCCCCCCCCCCCCCCCCCCCC)COP(=O)(O)OCCN. The normalized spacial score (nSPS) is 13.2. The van der Waals surface area contributed by atoms with Crippen LogP contribution in [0, 0.1) is 0 Å². The number of rotatable bonds is 79. The number of carbonyl (C=O) groups excluding carboxylic acids is 2. The van der Waals surface area contributed by atoms with Crippen molar-refractivity contribution in [2.45, 2.75) is 424 Å². The summed E-state index contributed by atoms with van der Waals surface area (Å²) in [5.41, 5.74) is 5.42. The minimum atomic E-state index is -4.40. The first kappa shape index (κ1) is 93.2. The minimum absolute atomic E-state index is 0.0545. The second kappa shape index (κ2) is 81.2. The molecule has 0 aromatic carbocycles. The molecule has 0 saturated carbocycles. The van der Waals surface area contributed by atoms with Crippen LogP contribution in [0.3, 0.4) is 0 Å². The number of hydrogen-bond donors (Lipinski definition) is 2. The molecule has 0 saturated heterocycles. The highest BCUT2D eigenvalue weighted by molar-refractivity contribution is 7.47. The van der Waals surface area contributed by atoms with Crippen LogP contribution in [0.5, 0.6) is 0 Å². The molecule has 0 aromatic heterocycles. The summed E-state index contributed by atoms with van der Waals surface area (Å²) in [6, 6.07) is 0. The number of carbonyl (C=O) groups is 2. The van der Waals surface area contributed by atoms with Crippen molar-refractivity contribution in [3.63, 3.8) is 0 Å². The van der Waals surface area contributed by atoms with Crippen LogP contribution in [-0.2, 0) is 32.7 Å². The van der Waals surface area contributed by atoms with Gasteiger partial charge >= 0.3 is 19.8 Å². The Kier molecular flexibility index (Phi) is 78.8. The lowest BCUT2D eigenvalue weighted by atomic mass is 10.0. The zero-order valence-corrected chi connectivity index (χ0v) is 64.3. The van der Waals surface area contributed by atoms with Crippen molar-refractivity contribution in [1.29, 1.82) is 0 Å². The molecule has 0 amide bonds. The molecule has 96 heavy (non-hydrogen) atoms. The molecule has 3 N–H and O–H groups in total. The van der Waals surface area contributed by atoms with Crippen LogP contribution in [0.25, 0.3) is 0 Å². The molecule has 2 atom stereocenters. The van der Waals surface area contributed by atoms with Gasteiger partial charge in [-0.3, -0.25) is 18.6 Å². The van der Waals surface area contributed by atoms with E-state index in [0.29, 0.717) is 6.42 Å². The van der Waals surface area contributed by atoms with Crippen molar-refractivity contribution >= 4 is 19.8 Å². The van der Waals surface area contributed by atoms with Crippen LogP contribution in [0.2, 0.25) is 0 Å². The number of unbranched alkanes of at least 4 members (excludes halogenated alkanes) is 52. The Hall–Kier alpha value is -2.81. The largest absolute Gasteiger partial charge is 0.472 e. The maximum atomic E-state index is 12.8. The summed E-state index contributed by atoms with van der Waals surface area (Å²) in [7, 11) is -4.40. The van der Waals surface area contributed by atoms with Gasteiger partial charge < -0.3 is 20.1 Å². The van der Waals surface area contributed by atoms with Gasteiger partial charge in [0.15, 0.2) is 6.10 Å². The highest BCUT2D eigenvalue weighted by atomic mass is 31.2. The van der Waals surface area contributed by atoms with Crippen LogP contribution in [0.15, 0.2) is 85.1 Å². The number of hydrogen-bond acceptors (Lipinski definition) is 8. The Balaban J connectivity index is 3.76. The molecule has 560 valence electrons. The zero-order chi connectivity index (χ0) is 69.3. The van der Waals surface area contributed by atoms with Crippen molar-refractivity contribution in [3.8, 4) is 0 Å². The number of esters is 2. The highest BCUT2D eigenvalue weighted by Crippen LogP contribution is 2.43. The van der Waals surface area contributed by atoms with Gasteiger partial charge in [0.25, 0.3) is 0 Å². The molecule has 10 heteroatoms. The molecule has 0 aliphatic rings. The van der Waals surface area contributed by atoms with Crippen molar-refractivity contribution in [2.75, 3.05) is 26.4 Å². The Labute approximate surface area is 595 Å². The van der Waals surface area contributed by atoms with Crippen molar-refractivity contribution in [1.82, 2.24) is 0 Å². The number of phosphoric acid groups is 1. The molecule has 0 radical (unpaired) electrons. The number of phosphoric ester groups is 1. The quantitative estimate of drug-likeness (QED) is 0.0264. The van der Waals surface area contributed by atoms with Gasteiger partial charge in [-0.2, -0.15) is 0 Å². The van der Waals surface area contributed by atoms with E-state index in [1.165, 1.54) is 308 Å². The third-order valence-corrected chi connectivity index (χ3v) is 19.5. The number of allylic oxidation sites excluding steroid dienone is 14. The smallest absolute Gasteiger partial charge is 0.462 e. The summed E-state index contributed by atoms with van der Waals surface area (Å²) in [5.74, 6) is -0.805. The first-order valence-electron chi connectivity index (χ1n) is 41.6. The summed E-state index contributed by atoms with van der Waals surface area (Å²) in [5, 5.41) is 0. The highest BCUT2D eigenvalue weighted by Gasteiger charge is 2.26. The maximum Gasteiger partial charge on any atom is 0.472 e. The van der Waals surface area contributed by atoms with Gasteiger partial charge in [0.2, 0.25) is 0 Å². The van der Waals surface area contributed by atoms with Gasteiger partial charge in [0, 0.05) is 19.4 Å². The van der Waals surface area contributed by atoms with Gasteiger partial charge in [-0.1, -0.05) is 420 Å². The summed E-state index contributed by atoms with van der Waals surface area (Å²) >= 11 is 0. The van der Waals surface area contributed by atoms with Crippen LogP contribution in [-0.4, -0.2) is 49.3 Å². The fourth-order valence-electron chi connectivity index (χ4n) is 12.4. The van der Waals surface area contributed by atoms with E-state index in [0.717, 1.165) is 77.0 Å². The Bertz CT molecular complexity index is 1860. The molecule has 0 heterocycles. The first-order valence-corrected chi connectivity index (χ1v) is 43.1. The predicted octanol–water partition coefficient (Wildman–Crippen LogP) is 28.0. The second-order valence-electron chi connectivity index (χ2n) is 28.0. The van der Waals surface area contributed by atoms with Crippen LogP contribution in [0.4, 0.5) is 0 Å². The molecule has 9 nitrogen and oxygen atoms in total.